The minimum atomic E-state index is -0.483. The van der Waals surface area contributed by atoms with Crippen molar-refractivity contribution < 1.29 is 4.92 Å². The van der Waals surface area contributed by atoms with Gasteiger partial charge in [-0.2, -0.15) is 0 Å². The van der Waals surface area contributed by atoms with Crippen LogP contribution in [-0.4, -0.2) is 40.5 Å². The summed E-state index contributed by atoms with van der Waals surface area (Å²) >= 11 is 0. The van der Waals surface area contributed by atoms with Crippen molar-refractivity contribution in [3.8, 4) is 0 Å². The highest BCUT2D eigenvalue weighted by Crippen LogP contribution is 2.17. The van der Waals surface area contributed by atoms with Crippen molar-refractivity contribution in [3.63, 3.8) is 0 Å². The van der Waals surface area contributed by atoms with Crippen LogP contribution >= 0.6 is 0 Å². The largest absolute Gasteiger partial charge is 0.379 e. The van der Waals surface area contributed by atoms with Gasteiger partial charge in [-0.25, -0.2) is 0 Å². The maximum Gasteiger partial charge on any atom is 0.363 e. The van der Waals surface area contributed by atoms with Crippen molar-refractivity contribution in [3.05, 3.63) is 28.4 Å². The Hall–Kier alpha value is -1.69. The predicted octanol–water partition coefficient (Wildman–Crippen LogP) is 1.89. The average Bonchev–Trinajstić information content (AvgIpc) is 2.40. The normalized spacial score (nSPS) is 17.6. The quantitative estimate of drug-likeness (QED) is 0.652. The summed E-state index contributed by atoms with van der Waals surface area (Å²) in [4.78, 5) is 16.2. The van der Waals surface area contributed by atoms with Gasteiger partial charge in [0, 0.05) is 25.2 Å². The van der Waals surface area contributed by atoms with Crippen LogP contribution < -0.4 is 5.32 Å². The van der Waals surface area contributed by atoms with Crippen LogP contribution in [0.3, 0.4) is 0 Å². The Morgan fingerprint density at radius 2 is 2.22 bits per heavy atom. The third kappa shape index (κ3) is 3.16. The minimum absolute atomic E-state index is 0.110. The van der Waals surface area contributed by atoms with Crippen LogP contribution in [0, 0.1) is 10.1 Å². The van der Waals surface area contributed by atoms with Gasteiger partial charge in [-0.3, -0.25) is 0 Å². The molecule has 2 rings (SSSR count). The zero-order chi connectivity index (χ0) is 13.0. The van der Waals surface area contributed by atoms with Crippen LogP contribution in [0.1, 0.15) is 19.8 Å². The van der Waals surface area contributed by atoms with Gasteiger partial charge in [0.1, 0.15) is 0 Å². The molecule has 1 aromatic rings. The van der Waals surface area contributed by atoms with Gasteiger partial charge in [0.2, 0.25) is 0 Å². The highest BCUT2D eigenvalue weighted by Gasteiger charge is 2.18. The SMILES string of the molecule is CCN1CCC(Nc2ccc([N+](=O)[O-])nc2)CC1. The molecule has 1 N–H and O–H groups in total. The molecule has 0 atom stereocenters. The first-order valence-corrected chi connectivity index (χ1v) is 6.28. The Kier molecular flexibility index (Phi) is 4.09. The number of pyridine rings is 1. The van der Waals surface area contributed by atoms with E-state index in [2.05, 4.69) is 22.1 Å². The molecule has 0 radical (unpaired) electrons. The second-order valence-electron chi connectivity index (χ2n) is 4.52. The molecule has 2 heterocycles. The predicted molar refractivity (Wildman–Crippen MR) is 69.7 cm³/mol. The van der Waals surface area contributed by atoms with Gasteiger partial charge in [-0.1, -0.05) is 6.92 Å². The van der Waals surface area contributed by atoms with E-state index in [1.807, 2.05) is 0 Å². The first kappa shape index (κ1) is 12.8. The van der Waals surface area contributed by atoms with Crippen molar-refractivity contribution in [1.29, 1.82) is 0 Å². The van der Waals surface area contributed by atoms with Gasteiger partial charge < -0.3 is 20.3 Å². The molecular formula is C12H18N4O2. The lowest BCUT2D eigenvalue weighted by molar-refractivity contribution is -0.389. The smallest absolute Gasteiger partial charge is 0.363 e. The molecule has 1 aliphatic heterocycles. The van der Waals surface area contributed by atoms with E-state index in [4.69, 9.17) is 0 Å². The molecule has 0 amide bonds. The molecule has 0 saturated carbocycles. The number of hydrogen-bond donors (Lipinski definition) is 1. The van der Waals surface area contributed by atoms with Crippen LogP contribution in [0.15, 0.2) is 18.3 Å². The van der Waals surface area contributed by atoms with Crippen molar-refractivity contribution in [2.24, 2.45) is 0 Å². The lowest BCUT2D eigenvalue weighted by Crippen LogP contribution is -2.38. The average molecular weight is 250 g/mol. The molecule has 1 saturated heterocycles. The molecule has 0 aromatic carbocycles. The van der Waals surface area contributed by atoms with E-state index < -0.39 is 4.92 Å². The summed E-state index contributed by atoms with van der Waals surface area (Å²) in [6.07, 6.45) is 3.74. The van der Waals surface area contributed by atoms with Gasteiger partial charge in [0.05, 0.1) is 5.69 Å². The third-order valence-corrected chi connectivity index (χ3v) is 3.34. The molecule has 1 fully saturated rings. The van der Waals surface area contributed by atoms with E-state index in [-0.39, 0.29) is 5.82 Å². The van der Waals surface area contributed by atoms with E-state index in [1.54, 1.807) is 6.07 Å². The summed E-state index contributed by atoms with van der Waals surface area (Å²) in [5, 5.41) is 13.9. The molecule has 6 heteroatoms. The molecule has 1 aromatic heterocycles. The molecule has 0 aliphatic carbocycles. The standard InChI is InChI=1S/C12H18N4O2/c1-2-15-7-5-10(6-8-15)14-11-3-4-12(13-9-11)16(17)18/h3-4,9-10,14H,2,5-8H2,1H3. The molecule has 6 nitrogen and oxygen atoms in total. The lowest BCUT2D eigenvalue weighted by Gasteiger charge is -2.31. The van der Waals surface area contributed by atoms with Gasteiger partial charge in [0.25, 0.3) is 0 Å². The number of aromatic nitrogens is 1. The number of nitrogens with zero attached hydrogens (tertiary/aromatic N) is 3. The van der Waals surface area contributed by atoms with Crippen molar-refractivity contribution in [2.45, 2.75) is 25.8 Å². The van der Waals surface area contributed by atoms with Gasteiger partial charge in [-0.05, 0) is 35.4 Å². The summed E-state index contributed by atoms with van der Waals surface area (Å²) in [5.41, 5.74) is 0.857. The number of nitrogens with one attached hydrogen (secondary N) is 1. The van der Waals surface area contributed by atoms with Crippen molar-refractivity contribution >= 4 is 11.5 Å². The third-order valence-electron chi connectivity index (χ3n) is 3.34. The summed E-state index contributed by atoms with van der Waals surface area (Å²) in [7, 11) is 0. The van der Waals surface area contributed by atoms with E-state index in [0.29, 0.717) is 6.04 Å². The number of piperidine rings is 1. The van der Waals surface area contributed by atoms with Crippen molar-refractivity contribution in [2.75, 3.05) is 25.0 Å². The van der Waals surface area contributed by atoms with Crippen LogP contribution in [-0.2, 0) is 0 Å². The number of nitro groups is 1. The maximum absolute atomic E-state index is 10.5. The summed E-state index contributed by atoms with van der Waals surface area (Å²) in [6.45, 7) is 5.49. The lowest BCUT2D eigenvalue weighted by atomic mass is 10.0. The van der Waals surface area contributed by atoms with E-state index in [9.17, 15) is 10.1 Å². The molecule has 0 unspecified atom stereocenters. The zero-order valence-electron chi connectivity index (χ0n) is 10.5. The second-order valence-corrected chi connectivity index (χ2v) is 4.52. The second kappa shape index (κ2) is 5.77. The fourth-order valence-electron chi connectivity index (χ4n) is 2.21. The molecule has 98 valence electrons. The Labute approximate surface area is 106 Å². The van der Waals surface area contributed by atoms with E-state index >= 15 is 0 Å². The molecule has 0 bridgehead atoms. The number of anilines is 1. The van der Waals surface area contributed by atoms with Crippen LogP contribution in [0.2, 0.25) is 0 Å². The fraction of sp³-hybridized carbons (Fsp3) is 0.583. The molecule has 0 spiro atoms. The number of likely N-dealkylation sites (tertiary alicyclic amines) is 1. The van der Waals surface area contributed by atoms with E-state index in [0.717, 1.165) is 38.2 Å². The van der Waals surface area contributed by atoms with Gasteiger partial charge in [-0.15, -0.1) is 0 Å². The Bertz CT molecular complexity index is 399. The Morgan fingerprint density at radius 1 is 1.50 bits per heavy atom. The molecule has 18 heavy (non-hydrogen) atoms. The summed E-state index contributed by atoms with van der Waals surface area (Å²) in [5.74, 6) is -0.110. The maximum atomic E-state index is 10.5. The van der Waals surface area contributed by atoms with Crippen LogP contribution in [0.25, 0.3) is 0 Å². The first-order chi connectivity index (χ1) is 8.69. The Balaban J connectivity index is 1.88. The number of rotatable bonds is 4. The minimum Gasteiger partial charge on any atom is -0.379 e. The topological polar surface area (TPSA) is 71.3 Å². The summed E-state index contributed by atoms with van der Waals surface area (Å²) in [6, 6.07) is 3.59. The van der Waals surface area contributed by atoms with Gasteiger partial charge >= 0.3 is 5.82 Å². The highest BCUT2D eigenvalue weighted by atomic mass is 16.6. The van der Waals surface area contributed by atoms with Crippen molar-refractivity contribution in [1.82, 2.24) is 9.88 Å². The Morgan fingerprint density at radius 3 is 2.72 bits per heavy atom. The van der Waals surface area contributed by atoms with Gasteiger partial charge in [0.15, 0.2) is 6.20 Å². The van der Waals surface area contributed by atoms with Crippen LogP contribution in [0.4, 0.5) is 11.5 Å². The van der Waals surface area contributed by atoms with Crippen LogP contribution in [0.5, 0.6) is 0 Å². The summed E-state index contributed by atoms with van der Waals surface area (Å²) < 4.78 is 0. The highest BCUT2D eigenvalue weighted by molar-refractivity contribution is 5.44. The molecular weight excluding hydrogens is 232 g/mol. The zero-order valence-corrected chi connectivity index (χ0v) is 10.5. The number of hydrogen-bond acceptors (Lipinski definition) is 5. The monoisotopic (exact) mass is 250 g/mol. The first-order valence-electron chi connectivity index (χ1n) is 6.28. The molecule has 1 aliphatic rings. The van der Waals surface area contributed by atoms with E-state index in [1.165, 1.54) is 12.3 Å². The fourth-order valence-corrected chi connectivity index (χ4v) is 2.21.